The van der Waals surface area contributed by atoms with Crippen LogP contribution in [-0.4, -0.2) is 6.54 Å². The Balaban J connectivity index is 2.01. The summed E-state index contributed by atoms with van der Waals surface area (Å²) < 4.78 is 0.889. The number of nitriles is 1. The van der Waals surface area contributed by atoms with Crippen LogP contribution in [-0.2, 0) is 6.42 Å². The molecule has 2 aromatic carbocycles. The van der Waals surface area contributed by atoms with Crippen molar-refractivity contribution >= 4 is 44.8 Å². The molecule has 2 nitrogen and oxygen atoms in total. The molecular formula is C15H11BrCl2N2. The van der Waals surface area contributed by atoms with Crippen LogP contribution in [0.15, 0.2) is 40.9 Å². The molecule has 0 radical (unpaired) electrons. The molecular weight excluding hydrogens is 359 g/mol. The van der Waals surface area contributed by atoms with E-state index in [9.17, 15) is 0 Å². The smallest absolute Gasteiger partial charge is 0.101 e. The van der Waals surface area contributed by atoms with Gasteiger partial charge in [0, 0.05) is 21.1 Å². The maximum Gasteiger partial charge on any atom is 0.101 e. The van der Waals surface area contributed by atoms with Gasteiger partial charge in [-0.05, 0) is 42.3 Å². The maximum atomic E-state index is 9.09. The molecule has 2 aromatic rings. The van der Waals surface area contributed by atoms with Gasteiger partial charge in [0.2, 0.25) is 0 Å². The standard InChI is InChI=1S/C15H11BrCl2N2/c16-12-2-4-15(11(7-12)9-19)20-6-5-10-1-3-13(17)8-14(10)18/h1-4,7-8,20H,5-6H2. The zero-order valence-electron chi connectivity index (χ0n) is 10.5. The molecule has 0 heterocycles. The van der Waals surface area contributed by atoms with E-state index in [2.05, 4.69) is 27.3 Å². The minimum absolute atomic E-state index is 0.613. The first-order chi connectivity index (χ1) is 9.60. The molecule has 0 fully saturated rings. The lowest BCUT2D eigenvalue weighted by atomic mass is 10.1. The van der Waals surface area contributed by atoms with Gasteiger partial charge in [-0.15, -0.1) is 0 Å². The van der Waals surface area contributed by atoms with Gasteiger partial charge in [-0.1, -0.05) is 45.2 Å². The molecule has 20 heavy (non-hydrogen) atoms. The molecule has 1 N–H and O–H groups in total. The summed E-state index contributed by atoms with van der Waals surface area (Å²) in [6.07, 6.45) is 0.761. The molecule has 0 bridgehead atoms. The average Bonchev–Trinajstić information content (AvgIpc) is 2.42. The van der Waals surface area contributed by atoms with Gasteiger partial charge in [-0.3, -0.25) is 0 Å². The second-order valence-corrected chi connectivity index (χ2v) is 5.97. The first-order valence-electron chi connectivity index (χ1n) is 5.97. The van der Waals surface area contributed by atoms with Crippen molar-refractivity contribution in [1.82, 2.24) is 0 Å². The highest BCUT2D eigenvalue weighted by molar-refractivity contribution is 9.10. The molecule has 0 saturated carbocycles. The lowest BCUT2D eigenvalue weighted by Crippen LogP contribution is -2.06. The van der Waals surface area contributed by atoms with Crippen molar-refractivity contribution in [3.05, 3.63) is 62.0 Å². The Hall–Kier alpha value is -1.21. The molecule has 0 atom stereocenters. The Kier molecular flexibility index (Phi) is 5.31. The molecule has 0 saturated heterocycles. The lowest BCUT2D eigenvalue weighted by molar-refractivity contribution is 1.02. The Morgan fingerprint density at radius 3 is 2.65 bits per heavy atom. The van der Waals surface area contributed by atoms with Gasteiger partial charge >= 0.3 is 0 Å². The monoisotopic (exact) mass is 368 g/mol. The van der Waals surface area contributed by atoms with Gasteiger partial charge in [0.05, 0.1) is 11.3 Å². The Bertz CT molecular complexity index is 665. The zero-order chi connectivity index (χ0) is 14.5. The third-order valence-corrected chi connectivity index (χ3v) is 3.91. The van der Waals surface area contributed by atoms with Crippen molar-refractivity contribution in [2.75, 3.05) is 11.9 Å². The molecule has 0 unspecified atom stereocenters. The summed E-state index contributed by atoms with van der Waals surface area (Å²) in [5.41, 5.74) is 2.46. The van der Waals surface area contributed by atoms with E-state index in [0.717, 1.165) is 22.1 Å². The van der Waals surface area contributed by atoms with E-state index in [1.165, 1.54) is 0 Å². The first kappa shape index (κ1) is 15.2. The van der Waals surface area contributed by atoms with Crippen LogP contribution in [0.4, 0.5) is 5.69 Å². The highest BCUT2D eigenvalue weighted by Crippen LogP contribution is 2.23. The predicted molar refractivity (Wildman–Crippen MR) is 87.5 cm³/mol. The van der Waals surface area contributed by atoms with Crippen LogP contribution in [0, 0.1) is 11.3 Å². The van der Waals surface area contributed by atoms with Crippen LogP contribution in [0.3, 0.4) is 0 Å². The minimum atomic E-state index is 0.613. The normalized spacial score (nSPS) is 10.1. The number of nitrogens with zero attached hydrogens (tertiary/aromatic N) is 1. The van der Waals surface area contributed by atoms with Crippen LogP contribution in [0.1, 0.15) is 11.1 Å². The Labute approximate surface area is 136 Å². The summed E-state index contributed by atoms with van der Waals surface area (Å²) in [7, 11) is 0. The van der Waals surface area contributed by atoms with Crippen LogP contribution in [0.2, 0.25) is 10.0 Å². The molecule has 0 aliphatic heterocycles. The van der Waals surface area contributed by atoms with Gasteiger partial charge in [0.1, 0.15) is 6.07 Å². The second-order valence-electron chi connectivity index (χ2n) is 4.21. The number of benzene rings is 2. The van der Waals surface area contributed by atoms with Crippen molar-refractivity contribution < 1.29 is 0 Å². The average molecular weight is 370 g/mol. The molecule has 102 valence electrons. The quantitative estimate of drug-likeness (QED) is 0.795. The summed E-state index contributed by atoms with van der Waals surface area (Å²) in [6, 6.07) is 13.2. The van der Waals surface area contributed by atoms with Crippen molar-refractivity contribution in [3.63, 3.8) is 0 Å². The van der Waals surface area contributed by atoms with E-state index in [-0.39, 0.29) is 0 Å². The summed E-state index contributed by atoms with van der Waals surface area (Å²) in [5, 5.41) is 13.6. The fourth-order valence-electron chi connectivity index (χ4n) is 1.82. The number of nitrogens with one attached hydrogen (secondary N) is 1. The molecule has 2 rings (SSSR count). The highest BCUT2D eigenvalue weighted by Gasteiger charge is 2.04. The van der Waals surface area contributed by atoms with Crippen molar-refractivity contribution in [2.24, 2.45) is 0 Å². The molecule has 0 aliphatic rings. The van der Waals surface area contributed by atoms with Crippen LogP contribution in [0.25, 0.3) is 0 Å². The number of hydrogen-bond acceptors (Lipinski definition) is 2. The minimum Gasteiger partial charge on any atom is -0.384 e. The maximum absolute atomic E-state index is 9.09. The fourth-order valence-corrected chi connectivity index (χ4v) is 2.68. The Morgan fingerprint density at radius 1 is 1.15 bits per heavy atom. The summed E-state index contributed by atoms with van der Waals surface area (Å²) in [5.74, 6) is 0. The van der Waals surface area contributed by atoms with Gasteiger partial charge in [0.15, 0.2) is 0 Å². The predicted octanol–water partition coefficient (Wildman–Crippen LogP) is 5.28. The molecule has 0 aliphatic carbocycles. The molecule has 0 spiro atoms. The highest BCUT2D eigenvalue weighted by atomic mass is 79.9. The number of anilines is 1. The third kappa shape index (κ3) is 3.89. The van der Waals surface area contributed by atoms with Gasteiger partial charge in [0.25, 0.3) is 0 Å². The van der Waals surface area contributed by atoms with E-state index in [0.29, 0.717) is 22.2 Å². The zero-order valence-corrected chi connectivity index (χ0v) is 13.6. The SMILES string of the molecule is N#Cc1cc(Br)ccc1NCCc1ccc(Cl)cc1Cl. The first-order valence-corrected chi connectivity index (χ1v) is 7.52. The van der Waals surface area contributed by atoms with Crippen molar-refractivity contribution in [3.8, 4) is 6.07 Å². The topological polar surface area (TPSA) is 35.8 Å². The summed E-state index contributed by atoms with van der Waals surface area (Å²) in [6.45, 7) is 0.692. The van der Waals surface area contributed by atoms with E-state index < -0.39 is 0 Å². The number of rotatable bonds is 4. The van der Waals surface area contributed by atoms with Crippen molar-refractivity contribution in [1.29, 1.82) is 5.26 Å². The van der Waals surface area contributed by atoms with Crippen LogP contribution in [0.5, 0.6) is 0 Å². The largest absolute Gasteiger partial charge is 0.384 e. The molecule has 5 heteroatoms. The molecule has 0 aromatic heterocycles. The van der Waals surface area contributed by atoms with Gasteiger partial charge in [-0.2, -0.15) is 5.26 Å². The van der Waals surface area contributed by atoms with Crippen molar-refractivity contribution in [2.45, 2.75) is 6.42 Å². The fraction of sp³-hybridized carbons (Fsp3) is 0.133. The molecule has 0 amide bonds. The van der Waals surface area contributed by atoms with Gasteiger partial charge in [-0.25, -0.2) is 0 Å². The number of hydrogen-bond donors (Lipinski definition) is 1. The van der Waals surface area contributed by atoms with Gasteiger partial charge < -0.3 is 5.32 Å². The van der Waals surface area contributed by atoms with Crippen LogP contribution < -0.4 is 5.32 Å². The lowest BCUT2D eigenvalue weighted by Gasteiger charge is -2.09. The summed E-state index contributed by atoms with van der Waals surface area (Å²) in [4.78, 5) is 0. The number of halogens is 3. The van der Waals surface area contributed by atoms with E-state index in [1.807, 2.05) is 24.3 Å². The second kappa shape index (κ2) is 6.99. The van der Waals surface area contributed by atoms with E-state index in [4.69, 9.17) is 28.5 Å². The van der Waals surface area contributed by atoms with Crippen LogP contribution >= 0.6 is 39.1 Å². The van der Waals surface area contributed by atoms with E-state index >= 15 is 0 Å². The third-order valence-electron chi connectivity index (χ3n) is 2.83. The summed E-state index contributed by atoms with van der Waals surface area (Å²) >= 11 is 15.3. The Morgan fingerprint density at radius 2 is 1.95 bits per heavy atom. The van der Waals surface area contributed by atoms with E-state index in [1.54, 1.807) is 12.1 Å².